The first-order chi connectivity index (χ1) is 15.1. The Morgan fingerprint density at radius 1 is 0.812 bits per heavy atom. The van der Waals surface area contributed by atoms with E-state index in [1.54, 1.807) is 0 Å². The summed E-state index contributed by atoms with van der Waals surface area (Å²) in [6.07, 6.45) is -4.76. The average molecular weight is 452 g/mol. The third-order valence-electron chi connectivity index (χ3n) is 4.72. The predicted molar refractivity (Wildman–Crippen MR) is 102 cm³/mol. The second-order valence-corrected chi connectivity index (χ2v) is 6.79. The molecule has 4 aromatic rings. The van der Waals surface area contributed by atoms with E-state index in [-0.39, 0.29) is 22.8 Å². The molecule has 0 unspecified atom stereocenters. The van der Waals surface area contributed by atoms with Gasteiger partial charge >= 0.3 is 6.18 Å². The van der Waals surface area contributed by atoms with Crippen LogP contribution in [0.3, 0.4) is 0 Å². The summed E-state index contributed by atoms with van der Waals surface area (Å²) in [6, 6.07) is 9.90. The fourth-order valence-electron chi connectivity index (χ4n) is 3.29. The Balaban J connectivity index is 1.70. The number of aromatic nitrogens is 1. The molecule has 0 aliphatic rings. The maximum atomic E-state index is 14.3. The van der Waals surface area contributed by atoms with Gasteiger partial charge in [0, 0.05) is 17.3 Å². The van der Waals surface area contributed by atoms with Crippen LogP contribution in [0.4, 0.5) is 36.4 Å². The number of benzene rings is 2. The van der Waals surface area contributed by atoms with Crippen LogP contribution in [-0.4, -0.2) is 10.3 Å². The van der Waals surface area contributed by atoms with E-state index in [0.717, 1.165) is 16.5 Å². The Morgan fingerprint density at radius 3 is 2.12 bits per heavy atom. The van der Waals surface area contributed by atoms with Crippen molar-refractivity contribution in [1.82, 2.24) is 4.40 Å². The van der Waals surface area contributed by atoms with Crippen LogP contribution in [0.5, 0.6) is 0 Å². The van der Waals surface area contributed by atoms with Crippen molar-refractivity contribution in [2.75, 3.05) is 5.32 Å². The molecule has 10 heteroatoms. The standard InChI is InChI=1S/C22H11F7N2O/c23-16-10-18(25)17(24)9-14(16)21(32)30-12-6-4-11(5-7-12)20-15(22(27,28)29)8-13-2-1-3-19(26)31(13)20/h1-10H,(H,30,32). The van der Waals surface area contributed by atoms with Gasteiger partial charge in [-0.3, -0.25) is 9.20 Å². The van der Waals surface area contributed by atoms with Crippen LogP contribution in [-0.2, 0) is 6.18 Å². The fourth-order valence-corrected chi connectivity index (χ4v) is 3.29. The first kappa shape index (κ1) is 21.4. The topological polar surface area (TPSA) is 33.5 Å². The SMILES string of the molecule is O=C(Nc1ccc(-c2c(C(F)(F)F)cc3cccc(F)n23)cc1)c1cc(F)c(F)cc1F. The lowest BCUT2D eigenvalue weighted by molar-refractivity contribution is -0.137. The van der Waals surface area contributed by atoms with E-state index in [2.05, 4.69) is 5.32 Å². The Kier molecular flexibility index (Phi) is 5.15. The van der Waals surface area contributed by atoms with Gasteiger partial charge in [0.25, 0.3) is 5.91 Å². The minimum absolute atomic E-state index is 0.000527. The third kappa shape index (κ3) is 3.79. The van der Waals surface area contributed by atoms with Gasteiger partial charge in [0.15, 0.2) is 17.6 Å². The number of carbonyl (C=O) groups excluding carboxylic acids is 1. The first-order valence-electron chi connectivity index (χ1n) is 9.00. The molecule has 4 rings (SSSR count). The lowest BCUT2D eigenvalue weighted by atomic mass is 10.1. The normalized spacial score (nSPS) is 11.7. The van der Waals surface area contributed by atoms with Crippen molar-refractivity contribution in [2.45, 2.75) is 6.18 Å². The number of hydrogen-bond acceptors (Lipinski definition) is 1. The van der Waals surface area contributed by atoms with Crippen LogP contribution in [0.15, 0.2) is 60.7 Å². The summed E-state index contributed by atoms with van der Waals surface area (Å²) in [5.41, 5.74) is -2.21. The number of anilines is 1. The molecule has 2 aromatic carbocycles. The van der Waals surface area contributed by atoms with E-state index in [4.69, 9.17) is 0 Å². The number of rotatable bonds is 3. The minimum atomic E-state index is -4.76. The summed E-state index contributed by atoms with van der Waals surface area (Å²) in [5, 5.41) is 2.24. The molecule has 1 amide bonds. The van der Waals surface area contributed by atoms with E-state index in [1.807, 2.05) is 0 Å². The van der Waals surface area contributed by atoms with Crippen LogP contribution in [0.1, 0.15) is 15.9 Å². The van der Waals surface area contributed by atoms with Crippen LogP contribution in [0.25, 0.3) is 16.8 Å². The lowest BCUT2D eigenvalue weighted by Gasteiger charge is -2.12. The highest BCUT2D eigenvalue weighted by Gasteiger charge is 2.36. The van der Waals surface area contributed by atoms with Crippen molar-refractivity contribution >= 4 is 17.1 Å². The van der Waals surface area contributed by atoms with Gasteiger partial charge in [0.2, 0.25) is 0 Å². The molecule has 164 valence electrons. The van der Waals surface area contributed by atoms with Crippen molar-refractivity contribution in [1.29, 1.82) is 0 Å². The van der Waals surface area contributed by atoms with Crippen molar-refractivity contribution in [3.8, 4) is 11.3 Å². The van der Waals surface area contributed by atoms with Gasteiger partial charge in [-0.05, 0) is 42.0 Å². The second kappa shape index (κ2) is 7.70. The summed E-state index contributed by atoms with van der Waals surface area (Å²) in [6.45, 7) is 0. The quantitative estimate of drug-likeness (QED) is 0.217. The van der Waals surface area contributed by atoms with E-state index < -0.39 is 52.3 Å². The number of hydrogen-bond donors (Lipinski definition) is 1. The first-order valence-corrected chi connectivity index (χ1v) is 9.00. The fraction of sp³-hybridized carbons (Fsp3) is 0.0455. The highest BCUT2D eigenvalue weighted by Crippen LogP contribution is 2.40. The number of amides is 1. The monoisotopic (exact) mass is 452 g/mol. The molecule has 0 saturated carbocycles. The summed E-state index contributed by atoms with van der Waals surface area (Å²) in [5.74, 6) is -6.17. The van der Waals surface area contributed by atoms with Crippen LogP contribution in [0.2, 0.25) is 0 Å². The largest absolute Gasteiger partial charge is 0.418 e. The number of halogens is 7. The number of pyridine rings is 1. The molecule has 32 heavy (non-hydrogen) atoms. The van der Waals surface area contributed by atoms with Gasteiger partial charge in [0.05, 0.1) is 16.8 Å². The summed E-state index contributed by atoms with van der Waals surface area (Å²) in [7, 11) is 0. The lowest BCUT2D eigenvalue weighted by Crippen LogP contribution is -2.14. The Labute approximate surface area is 175 Å². The second-order valence-electron chi connectivity index (χ2n) is 6.79. The molecular formula is C22H11F7N2O. The van der Waals surface area contributed by atoms with Gasteiger partial charge in [-0.1, -0.05) is 18.2 Å². The van der Waals surface area contributed by atoms with E-state index >= 15 is 0 Å². The summed E-state index contributed by atoms with van der Waals surface area (Å²) >= 11 is 0. The number of carbonyl (C=O) groups is 1. The van der Waals surface area contributed by atoms with Crippen molar-refractivity contribution < 1.29 is 35.5 Å². The molecule has 0 aliphatic heterocycles. The summed E-state index contributed by atoms with van der Waals surface area (Å²) in [4.78, 5) is 12.2. The molecule has 0 spiro atoms. The highest BCUT2D eigenvalue weighted by molar-refractivity contribution is 6.04. The Hall–Kier alpha value is -3.82. The van der Waals surface area contributed by atoms with Crippen LogP contribution < -0.4 is 5.32 Å². The van der Waals surface area contributed by atoms with E-state index in [9.17, 15) is 35.5 Å². The summed E-state index contributed by atoms with van der Waals surface area (Å²) < 4.78 is 95.9. The van der Waals surface area contributed by atoms with Crippen LogP contribution in [0, 0.1) is 23.4 Å². The number of fused-ring (bicyclic) bond motifs is 1. The van der Waals surface area contributed by atoms with E-state index in [1.165, 1.54) is 36.4 Å². The molecule has 0 radical (unpaired) electrons. The zero-order valence-electron chi connectivity index (χ0n) is 15.8. The van der Waals surface area contributed by atoms with Crippen LogP contribution >= 0.6 is 0 Å². The smallest absolute Gasteiger partial charge is 0.322 e. The van der Waals surface area contributed by atoms with Gasteiger partial charge in [-0.2, -0.15) is 17.6 Å². The molecule has 1 N–H and O–H groups in total. The molecule has 0 saturated heterocycles. The number of nitrogens with one attached hydrogen (secondary N) is 1. The zero-order valence-corrected chi connectivity index (χ0v) is 15.8. The maximum Gasteiger partial charge on any atom is 0.418 e. The molecule has 0 bridgehead atoms. The third-order valence-corrected chi connectivity index (χ3v) is 4.72. The molecule has 2 heterocycles. The van der Waals surface area contributed by atoms with Crippen molar-refractivity contribution in [3.63, 3.8) is 0 Å². The van der Waals surface area contributed by atoms with Gasteiger partial charge in [-0.15, -0.1) is 0 Å². The van der Waals surface area contributed by atoms with Gasteiger partial charge < -0.3 is 5.32 Å². The van der Waals surface area contributed by atoms with Gasteiger partial charge in [0.1, 0.15) is 5.82 Å². The van der Waals surface area contributed by atoms with E-state index in [0.29, 0.717) is 6.07 Å². The molecule has 0 aliphatic carbocycles. The predicted octanol–water partition coefficient (Wildman–Crippen LogP) is 6.43. The van der Waals surface area contributed by atoms with Crippen molar-refractivity contribution in [3.05, 3.63) is 95.2 Å². The number of alkyl halides is 3. The van der Waals surface area contributed by atoms with Crippen molar-refractivity contribution in [2.24, 2.45) is 0 Å². The highest BCUT2D eigenvalue weighted by atomic mass is 19.4. The molecule has 0 fully saturated rings. The average Bonchev–Trinajstić information content (AvgIpc) is 3.13. The Morgan fingerprint density at radius 2 is 1.47 bits per heavy atom. The minimum Gasteiger partial charge on any atom is -0.322 e. The molecular weight excluding hydrogens is 441 g/mol. The molecule has 2 aromatic heterocycles. The zero-order chi connectivity index (χ0) is 23.2. The molecule has 0 atom stereocenters. The maximum absolute atomic E-state index is 14.3. The van der Waals surface area contributed by atoms with Gasteiger partial charge in [-0.25, -0.2) is 13.2 Å². The Bertz CT molecular complexity index is 1340. The number of nitrogens with zero attached hydrogens (tertiary/aromatic N) is 1. The molecule has 3 nitrogen and oxygen atoms in total.